The highest BCUT2D eigenvalue weighted by Gasteiger charge is 2.31. The highest BCUT2D eigenvalue weighted by atomic mass is 35.5. The molecule has 0 bridgehead atoms. The van der Waals surface area contributed by atoms with E-state index in [9.17, 15) is 4.79 Å². The maximum atomic E-state index is 13.1. The summed E-state index contributed by atoms with van der Waals surface area (Å²) < 4.78 is 5.66. The third-order valence-electron chi connectivity index (χ3n) is 5.32. The first-order valence-electron chi connectivity index (χ1n) is 9.26. The van der Waals surface area contributed by atoms with Crippen LogP contribution in [0.5, 0.6) is 5.75 Å². The van der Waals surface area contributed by atoms with E-state index in [4.69, 9.17) is 16.3 Å². The van der Waals surface area contributed by atoms with Gasteiger partial charge in [-0.3, -0.25) is 14.8 Å². The van der Waals surface area contributed by atoms with Gasteiger partial charge in [0.1, 0.15) is 12.4 Å². The first-order valence-corrected chi connectivity index (χ1v) is 9.64. The molecule has 1 atom stereocenters. The number of benzene rings is 1. The van der Waals surface area contributed by atoms with Gasteiger partial charge in [0.15, 0.2) is 0 Å². The first-order chi connectivity index (χ1) is 13.1. The molecule has 0 spiro atoms. The Bertz CT molecular complexity index is 809. The Morgan fingerprint density at radius 1 is 1.19 bits per heavy atom. The molecule has 27 heavy (non-hydrogen) atoms. The molecule has 2 aromatic rings. The van der Waals surface area contributed by atoms with Gasteiger partial charge in [-0.1, -0.05) is 17.7 Å². The van der Waals surface area contributed by atoms with Gasteiger partial charge in [0.05, 0.1) is 12.2 Å². The Morgan fingerprint density at radius 2 is 2.00 bits per heavy atom. The summed E-state index contributed by atoms with van der Waals surface area (Å²) in [5.41, 5.74) is 2.00. The smallest absolute Gasteiger partial charge is 0.324 e. The lowest BCUT2D eigenvalue weighted by Gasteiger charge is -2.40. The van der Waals surface area contributed by atoms with Crippen LogP contribution in [-0.4, -0.2) is 60.1 Å². The lowest BCUT2D eigenvalue weighted by atomic mass is 10.1. The molecule has 0 radical (unpaired) electrons. The summed E-state index contributed by atoms with van der Waals surface area (Å²) in [5, 5.41) is 0.612. The van der Waals surface area contributed by atoms with Crippen LogP contribution >= 0.6 is 11.6 Å². The van der Waals surface area contributed by atoms with Crippen LogP contribution in [0.4, 0.5) is 10.5 Å². The van der Waals surface area contributed by atoms with Crippen molar-refractivity contribution in [3.8, 4) is 5.75 Å². The van der Waals surface area contributed by atoms with E-state index in [-0.39, 0.29) is 6.03 Å². The second-order valence-electron chi connectivity index (χ2n) is 6.88. The van der Waals surface area contributed by atoms with Crippen molar-refractivity contribution >= 4 is 23.3 Å². The Morgan fingerprint density at radius 3 is 2.74 bits per heavy atom. The maximum absolute atomic E-state index is 13.1. The third kappa shape index (κ3) is 3.73. The number of nitrogens with zero attached hydrogens (tertiary/aromatic N) is 4. The normalized spacial score (nSPS) is 18.6. The number of amides is 2. The number of rotatable bonds is 2. The average molecular weight is 387 g/mol. The molecular weight excluding hydrogens is 364 g/mol. The third-order valence-corrected chi connectivity index (χ3v) is 5.55. The summed E-state index contributed by atoms with van der Waals surface area (Å²) in [6, 6.07) is 9.82. The number of ether oxygens (including phenoxy) is 1. The summed E-state index contributed by atoms with van der Waals surface area (Å²) in [5.74, 6) is 0.672. The fourth-order valence-electron chi connectivity index (χ4n) is 3.70. The van der Waals surface area contributed by atoms with Crippen LogP contribution in [0.1, 0.15) is 18.5 Å². The van der Waals surface area contributed by atoms with E-state index in [1.54, 1.807) is 23.2 Å². The molecule has 2 aliphatic heterocycles. The van der Waals surface area contributed by atoms with E-state index in [1.165, 1.54) is 5.56 Å². The monoisotopic (exact) mass is 386 g/mol. The van der Waals surface area contributed by atoms with E-state index in [0.29, 0.717) is 43.1 Å². The number of pyridine rings is 1. The van der Waals surface area contributed by atoms with Crippen molar-refractivity contribution in [1.29, 1.82) is 0 Å². The number of halogens is 1. The van der Waals surface area contributed by atoms with Crippen molar-refractivity contribution in [2.45, 2.75) is 13.0 Å². The number of fused-ring (bicyclic) bond motifs is 1. The summed E-state index contributed by atoms with van der Waals surface area (Å²) in [7, 11) is 0. The Labute approximate surface area is 164 Å². The van der Waals surface area contributed by atoms with Crippen molar-refractivity contribution in [2.75, 3.05) is 44.2 Å². The molecule has 4 rings (SSSR count). The SMILES string of the molecule is CC(c1cccnc1)N1CCN(C(=O)N2CCOc3cc(Cl)ccc32)CC1. The van der Waals surface area contributed by atoms with Crippen molar-refractivity contribution in [3.05, 3.63) is 53.3 Å². The quantitative estimate of drug-likeness (QED) is 0.793. The second-order valence-corrected chi connectivity index (χ2v) is 7.32. The van der Waals surface area contributed by atoms with Gasteiger partial charge in [-0.05, 0) is 30.7 Å². The molecule has 1 fully saturated rings. The van der Waals surface area contributed by atoms with Gasteiger partial charge in [0.25, 0.3) is 0 Å². The fraction of sp³-hybridized carbons (Fsp3) is 0.400. The van der Waals surface area contributed by atoms with Crippen LogP contribution in [0.25, 0.3) is 0 Å². The minimum Gasteiger partial charge on any atom is -0.489 e. The molecule has 0 saturated carbocycles. The average Bonchev–Trinajstić information content (AvgIpc) is 2.73. The number of urea groups is 1. The van der Waals surface area contributed by atoms with Crippen LogP contribution in [-0.2, 0) is 0 Å². The van der Waals surface area contributed by atoms with Crippen molar-refractivity contribution in [1.82, 2.24) is 14.8 Å². The molecule has 0 N–H and O–H groups in total. The number of carbonyl (C=O) groups excluding carboxylic acids is 1. The van der Waals surface area contributed by atoms with E-state index in [0.717, 1.165) is 18.8 Å². The van der Waals surface area contributed by atoms with Gasteiger partial charge in [-0.25, -0.2) is 4.79 Å². The van der Waals surface area contributed by atoms with E-state index in [1.807, 2.05) is 23.2 Å². The molecule has 0 aliphatic carbocycles. The highest BCUT2D eigenvalue weighted by molar-refractivity contribution is 6.30. The number of piperazine rings is 1. The zero-order valence-electron chi connectivity index (χ0n) is 15.3. The lowest BCUT2D eigenvalue weighted by Crippen LogP contribution is -2.54. The minimum atomic E-state index is 0.0375. The molecule has 1 aromatic carbocycles. The fourth-order valence-corrected chi connectivity index (χ4v) is 3.86. The molecular formula is C20H23ClN4O2. The van der Waals surface area contributed by atoms with Gasteiger partial charge >= 0.3 is 6.03 Å². The van der Waals surface area contributed by atoms with Gasteiger partial charge < -0.3 is 9.64 Å². The zero-order chi connectivity index (χ0) is 18.8. The van der Waals surface area contributed by atoms with E-state index in [2.05, 4.69) is 22.9 Å². The van der Waals surface area contributed by atoms with E-state index >= 15 is 0 Å². The van der Waals surface area contributed by atoms with Gasteiger partial charge in [0, 0.05) is 55.7 Å². The Kier molecular flexibility index (Phi) is 5.18. The lowest BCUT2D eigenvalue weighted by molar-refractivity contribution is 0.115. The number of carbonyl (C=O) groups is 1. The second kappa shape index (κ2) is 7.74. The Hall–Kier alpha value is -2.31. The predicted octanol–water partition coefficient (Wildman–Crippen LogP) is 3.43. The Balaban J connectivity index is 1.41. The summed E-state index contributed by atoms with van der Waals surface area (Å²) in [6.07, 6.45) is 3.71. The van der Waals surface area contributed by atoms with Gasteiger partial charge in [-0.2, -0.15) is 0 Å². The molecule has 1 unspecified atom stereocenters. The molecule has 2 amide bonds. The van der Waals surface area contributed by atoms with Crippen LogP contribution in [0.15, 0.2) is 42.7 Å². The van der Waals surface area contributed by atoms with Crippen molar-refractivity contribution in [3.63, 3.8) is 0 Å². The molecule has 3 heterocycles. The molecule has 7 heteroatoms. The maximum Gasteiger partial charge on any atom is 0.324 e. The number of anilines is 1. The molecule has 1 saturated heterocycles. The van der Waals surface area contributed by atoms with E-state index < -0.39 is 0 Å². The summed E-state index contributed by atoms with van der Waals surface area (Å²) in [4.78, 5) is 23.4. The highest BCUT2D eigenvalue weighted by Crippen LogP contribution is 2.34. The van der Waals surface area contributed by atoms with Crippen molar-refractivity contribution in [2.24, 2.45) is 0 Å². The summed E-state index contributed by atoms with van der Waals surface area (Å²) >= 11 is 6.04. The van der Waals surface area contributed by atoms with Crippen LogP contribution < -0.4 is 9.64 Å². The first kappa shape index (κ1) is 18.1. The largest absolute Gasteiger partial charge is 0.489 e. The standard InChI is InChI=1S/C20H23ClN4O2/c1-15(16-3-2-6-22-14-16)23-7-9-24(10-8-23)20(26)25-11-12-27-19-13-17(21)4-5-18(19)25/h2-6,13-15H,7-12H2,1H3. The van der Waals surface area contributed by atoms with Crippen LogP contribution in [0, 0.1) is 0 Å². The van der Waals surface area contributed by atoms with Gasteiger partial charge in [0.2, 0.25) is 0 Å². The molecule has 1 aromatic heterocycles. The molecule has 142 valence electrons. The zero-order valence-corrected chi connectivity index (χ0v) is 16.1. The molecule has 2 aliphatic rings. The van der Waals surface area contributed by atoms with Gasteiger partial charge in [-0.15, -0.1) is 0 Å². The molecule has 6 nitrogen and oxygen atoms in total. The number of hydrogen-bond donors (Lipinski definition) is 0. The predicted molar refractivity (Wildman–Crippen MR) is 105 cm³/mol. The van der Waals surface area contributed by atoms with Crippen molar-refractivity contribution < 1.29 is 9.53 Å². The van der Waals surface area contributed by atoms with Crippen LogP contribution in [0.2, 0.25) is 5.02 Å². The number of hydrogen-bond acceptors (Lipinski definition) is 4. The summed E-state index contributed by atoms with van der Waals surface area (Å²) in [6.45, 7) is 6.35. The van der Waals surface area contributed by atoms with Crippen LogP contribution in [0.3, 0.4) is 0 Å². The minimum absolute atomic E-state index is 0.0375. The topological polar surface area (TPSA) is 48.9 Å². The number of aromatic nitrogens is 1.